The maximum absolute atomic E-state index is 5.77. The van der Waals surface area contributed by atoms with Crippen LogP contribution in [0.3, 0.4) is 0 Å². The van der Waals surface area contributed by atoms with Crippen molar-refractivity contribution in [1.29, 1.82) is 0 Å². The van der Waals surface area contributed by atoms with E-state index in [2.05, 4.69) is 16.3 Å². The maximum Gasteiger partial charge on any atom is 0.118 e. The molecule has 3 aliphatic rings. The summed E-state index contributed by atoms with van der Waals surface area (Å²) < 4.78 is 5.77. The van der Waals surface area contributed by atoms with Gasteiger partial charge in [-0.1, -0.05) is 0 Å². The van der Waals surface area contributed by atoms with Gasteiger partial charge in [0.1, 0.15) is 5.76 Å². The summed E-state index contributed by atoms with van der Waals surface area (Å²) >= 11 is 0. The highest BCUT2D eigenvalue weighted by atomic mass is 16.3. The first-order valence-electron chi connectivity index (χ1n) is 8.37. The molecule has 0 saturated heterocycles. The summed E-state index contributed by atoms with van der Waals surface area (Å²) in [4.78, 5) is 2.63. The number of hydrogen-bond acceptors (Lipinski definition) is 3. The Morgan fingerprint density at radius 1 is 1.05 bits per heavy atom. The molecule has 1 aromatic rings. The predicted octanol–water partition coefficient (Wildman–Crippen LogP) is 3.15. The average Bonchev–Trinajstić information content (AvgIpc) is 3.27. The van der Waals surface area contributed by atoms with Crippen molar-refractivity contribution in [2.24, 2.45) is 11.8 Å². The van der Waals surface area contributed by atoms with Gasteiger partial charge < -0.3 is 9.73 Å². The van der Waals surface area contributed by atoms with Gasteiger partial charge in [0.15, 0.2) is 0 Å². The second-order valence-corrected chi connectivity index (χ2v) is 7.16. The number of furan rings is 1. The van der Waals surface area contributed by atoms with Crippen LogP contribution in [0.2, 0.25) is 0 Å². The van der Waals surface area contributed by atoms with Crippen LogP contribution in [-0.2, 0) is 13.1 Å². The van der Waals surface area contributed by atoms with Crippen LogP contribution in [0.5, 0.6) is 0 Å². The number of hydrogen-bond donors (Lipinski definition) is 1. The van der Waals surface area contributed by atoms with Gasteiger partial charge in [-0.2, -0.15) is 0 Å². The van der Waals surface area contributed by atoms with Gasteiger partial charge in [0.25, 0.3) is 0 Å². The molecule has 3 saturated carbocycles. The van der Waals surface area contributed by atoms with Crippen molar-refractivity contribution in [3.05, 3.63) is 23.7 Å². The van der Waals surface area contributed by atoms with E-state index in [9.17, 15) is 0 Å². The molecular weight excluding hydrogens is 248 g/mol. The molecule has 1 heterocycles. The van der Waals surface area contributed by atoms with E-state index in [1.165, 1.54) is 57.2 Å². The normalized spacial score (nSPS) is 22.6. The minimum Gasteiger partial charge on any atom is -0.468 e. The van der Waals surface area contributed by atoms with Crippen molar-refractivity contribution >= 4 is 0 Å². The fraction of sp³-hybridized carbons (Fsp3) is 0.765. The molecule has 0 amide bonds. The Labute approximate surface area is 121 Å². The molecule has 0 atom stereocenters. The topological polar surface area (TPSA) is 28.4 Å². The van der Waals surface area contributed by atoms with Gasteiger partial charge in [0.05, 0.1) is 12.8 Å². The molecule has 0 spiro atoms. The first-order chi connectivity index (χ1) is 9.85. The van der Waals surface area contributed by atoms with E-state index in [0.717, 1.165) is 36.7 Å². The summed E-state index contributed by atoms with van der Waals surface area (Å²) in [5.41, 5.74) is 1.31. The number of nitrogens with zero attached hydrogens (tertiary/aromatic N) is 1. The molecule has 1 N–H and O–H groups in total. The number of rotatable bonds is 9. The summed E-state index contributed by atoms with van der Waals surface area (Å²) in [5, 5.41) is 3.55. The third-order valence-corrected chi connectivity index (χ3v) is 4.69. The molecule has 0 bridgehead atoms. The maximum atomic E-state index is 5.77. The van der Waals surface area contributed by atoms with Crippen LogP contribution in [0.1, 0.15) is 49.8 Å². The van der Waals surface area contributed by atoms with Crippen molar-refractivity contribution in [3.8, 4) is 0 Å². The fourth-order valence-corrected chi connectivity index (χ4v) is 2.91. The van der Waals surface area contributed by atoms with Gasteiger partial charge in [0.2, 0.25) is 0 Å². The van der Waals surface area contributed by atoms with E-state index in [-0.39, 0.29) is 0 Å². The highest BCUT2D eigenvalue weighted by Crippen LogP contribution is 2.34. The Morgan fingerprint density at radius 2 is 1.75 bits per heavy atom. The smallest absolute Gasteiger partial charge is 0.118 e. The predicted molar refractivity (Wildman–Crippen MR) is 79.3 cm³/mol. The van der Waals surface area contributed by atoms with E-state index in [1.54, 1.807) is 0 Å². The van der Waals surface area contributed by atoms with Crippen molar-refractivity contribution in [1.82, 2.24) is 10.2 Å². The minimum absolute atomic E-state index is 0.773. The highest BCUT2D eigenvalue weighted by Gasteiger charge is 2.29. The molecular formula is C17H26N2O. The SMILES string of the molecule is c1oc(CN(CC2CC2)CC2CC2)cc1CNC1CC1. The molecule has 1 aromatic heterocycles. The number of nitrogens with one attached hydrogen (secondary N) is 1. The lowest BCUT2D eigenvalue weighted by atomic mass is 10.2. The summed E-state index contributed by atoms with van der Waals surface area (Å²) in [7, 11) is 0. The van der Waals surface area contributed by atoms with Crippen LogP contribution in [0.25, 0.3) is 0 Å². The Bertz CT molecular complexity index is 430. The molecule has 3 nitrogen and oxygen atoms in total. The zero-order valence-electron chi connectivity index (χ0n) is 12.3. The van der Waals surface area contributed by atoms with Crippen LogP contribution >= 0.6 is 0 Å². The average molecular weight is 274 g/mol. The third kappa shape index (κ3) is 3.86. The van der Waals surface area contributed by atoms with Gasteiger partial charge >= 0.3 is 0 Å². The summed E-state index contributed by atoms with van der Waals surface area (Å²) in [5.74, 6) is 3.10. The van der Waals surface area contributed by atoms with E-state index in [4.69, 9.17) is 4.42 Å². The molecule has 20 heavy (non-hydrogen) atoms. The van der Waals surface area contributed by atoms with Gasteiger partial charge in [-0.05, 0) is 56.4 Å². The molecule has 3 aliphatic carbocycles. The molecule has 3 heteroatoms. The van der Waals surface area contributed by atoms with Crippen LogP contribution in [0.4, 0.5) is 0 Å². The van der Waals surface area contributed by atoms with Gasteiger partial charge in [-0.3, -0.25) is 4.90 Å². The van der Waals surface area contributed by atoms with E-state index in [1.807, 2.05) is 6.26 Å². The Morgan fingerprint density at radius 3 is 2.35 bits per heavy atom. The lowest BCUT2D eigenvalue weighted by molar-refractivity contribution is 0.225. The van der Waals surface area contributed by atoms with Gasteiger partial charge in [-0.25, -0.2) is 0 Å². The van der Waals surface area contributed by atoms with Crippen molar-refractivity contribution in [3.63, 3.8) is 0 Å². The summed E-state index contributed by atoms with van der Waals surface area (Å²) in [6.07, 6.45) is 10.4. The van der Waals surface area contributed by atoms with Crippen molar-refractivity contribution < 1.29 is 4.42 Å². The highest BCUT2D eigenvalue weighted by molar-refractivity contribution is 5.13. The fourth-order valence-electron chi connectivity index (χ4n) is 2.91. The summed E-state index contributed by atoms with van der Waals surface area (Å²) in [6.45, 7) is 4.55. The lowest BCUT2D eigenvalue weighted by Crippen LogP contribution is -2.27. The van der Waals surface area contributed by atoms with Crippen LogP contribution < -0.4 is 5.32 Å². The molecule has 4 rings (SSSR count). The molecule has 0 radical (unpaired) electrons. The minimum atomic E-state index is 0.773. The molecule has 0 unspecified atom stereocenters. The van der Waals surface area contributed by atoms with Crippen LogP contribution in [0.15, 0.2) is 16.7 Å². The first-order valence-corrected chi connectivity index (χ1v) is 8.37. The molecule has 110 valence electrons. The first kappa shape index (κ1) is 12.9. The Hall–Kier alpha value is -0.800. The quantitative estimate of drug-likeness (QED) is 0.750. The standard InChI is InChI=1S/C17H26N2O/c1-2-13(1)9-19(10-14-3-4-14)11-17-7-15(12-20-17)8-18-16-5-6-16/h7,12-14,16,18H,1-6,8-11H2. The molecule has 3 fully saturated rings. The van der Waals surface area contributed by atoms with Crippen molar-refractivity contribution in [2.45, 2.75) is 57.7 Å². The molecule has 0 aliphatic heterocycles. The second kappa shape index (κ2) is 5.53. The van der Waals surface area contributed by atoms with Crippen molar-refractivity contribution in [2.75, 3.05) is 13.1 Å². The largest absolute Gasteiger partial charge is 0.468 e. The third-order valence-electron chi connectivity index (χ3n) is 4.69. The zero-order valence-corrected chi connectivity index (χ0v) is 12.3. The Balaban J connectivity index is 1.30. The monoisotopic (exact) mass is 274 g/mol. The van der Waals surface area contributed by atoms with E-state index in [0.29, 0.717) is 0 Å². The van der Waals surface area contributed by atoms with Crippen LogP contribution in [0, 0.1) is 11.8 Å². The van der Waals surface area contributed by atoms with E-state index >= 15 is 0 Å². The van der Waals surface area contributed by atoms with Crippen LogP contribution in [-0.4, -0.2) is 24.0 Å². The van der Waals surface area contributed by atoms with Gasteiger partial charge in [-0.15, -0.1) is 0 Å². The zero-order chi connectivity index (χ0) is 13.4. The molecule has 0 aromatic carbocycles. The Kier molecular flexibility index (Phi) is 3.57. The van der Waals surface area contributed by atoms with Gasteiger partial charge in [0, 0.05) is 31.2 Å². The summed E-state index contributed by atoms with van der Waals surface area (Å²) in [6, 6.07) is 3.02. The second-order valence-electron chi connectivity index (χ2n) is 7.16. The van der Waals surface area contributed by atoms with E-state index < -0.39 is 0 Å². The lowest BCUT2D eigenvalue weighted by Gasteiger charge is -2.20.